The summed E-state index contributed by atoms with van der Waals surface area (Å²) in [5, 5.41) is 45.7. The van der Waals surface area contributed by atoms with E-state index in [0.29, 0.717) is 106 Å². The summed E-state index contributed by atoms with van der Waals surface area (Å²) in [6, 6.07) is 84.7. The highest BCUT2D eigenvalue weighted by molar-refractivity contribution is 9.10. The van der Waals surface area contributed by atoms with Gasteiger partial charge in [0.15, 0.2) is 11.5 Å². The van der Waals surface area contributed by atoms with Crippen LogP contribution in [0.4, 0.5) is 4.39 Å². The van der Waals surface area contributed by atoms with E-state index in [-0.39, 0.29) is 17.7 Å². The molecule has 0 aliphatic heterocycles. The Balaban J connectivity index is 0.000000491. The first kappa shape index (κ1) is 116. The van der Waals surface area contributed by atoms with Gasteiger partial charge >= 0.3 is 17.9 Å². The predicted molar refractivity (Wildman–Crippen MR) is 555 cm³/mol. The fourth-order valence-electron chi connectivity index (χ4n) is 12.7. The van der Waals surface area contributed by atoms with E-state index in [9.17, 15) is 23.9 Å². The van der Waals surface area contributed by atoms with Crippen molar-refractivity contribution < 1.29 is 58.5 Å². The van der Waals surface area contributed by atoms with Gasteiger partial charge in [0.05, 0.1) is 37.0 Å². The van der Waals surface area contributed by atoms with Crippen molar-refractivity contribution in [2.45, 2.75) is 259 Å². The van der Waals surface area contributed by atoms with Gasteiger partial charge in [0.25, 0.3) is 0 Å². The molecule has 0 aromatic heterocycles. The van der Waals surface area contributed by atoms with Gasteiger partial charge in [-0.25, -0.2) is 18.8 Å². The van der Waals surface area contributed by atoms with Crippen molar-refractivity contribution in [1.29, 1.82) is 0 Å². The number of phenolic OH excluding ortho intramolecular Hbond substituents is 3. The minimum Gasteiger partial charge on any atom is -0.508 e. The average molecular weight is 1870 g/mol. The Morgan fingerprint density at radius 2 is 0.756 bits per heavy atom. The molecule has 0 bridgehead atoms. The van der Waals surface area contributed by atoms with Crippen molar-refractivity contribution in [1.82, 2.24) is 0 Å². The molecule has 5 N–H and O–H groups in total. The molecule has 706 valence electrons. The Kier molecular flexibility index (Phi) is 54.3. The number of carboxylic acids is 2. The molecule has 0 aliphatic carbocycles. The first-order valence-electron chi connectivity index (χ1n) is 45.7. The molecule has 0 heterocycles. The maximum Gasteiger partial charge on any atom is 0.337 e. The minimum absolute atomic E-state index is 0.163. The number of esters is 1. The Morgan fingerprint density at radius 1 is 0.344 bits per heavy atom. The molecule has 12 aromatic rings. The number of ether oxygens (including phenoxy) is 3. The standard InChI is InChI=1S/C17H18O2.C13H20O2.C10H13Cl.2C10H12O2.C10H14O.2C10H14.C9H11BrO.C9H11F.C9H12O/c1-12(2)15-5-4-6-16(11-15)13-7-9-14(10-8-13)17(18)19-3;1-5-14-12-9-7-8-11(10(3)4)13(12)15-6-2;1-7(2)9-4-5-10(11)8(3)6-9;1-7(2)8-4-3-5-9(6-8)10(11)12;1-7(2)8-5-3-4-6-9(8)10(11)12;1-7(2)9-4-5-10(11)8(3)6-9;1-8(2)10-6-4-9(3)5-7-10;1-8(2)10-7-5-4-6-9(10)3;1-6(2)8-5-7(11)3-4-9(8)10;2*1-7(2)8-3-5-9(10)6-4-8/h4-12H,1-3H3;7-10H,5-6H2,1-4H3;4-7H,1-3H3;2*3-7H,1-2H3,(H,11,12);4-7,11H,1-3H3;2*4-8H,1-3H3;3-6,11H,1-2H3;3-7H,1-2H3;3-7,10H,1-2H3. The van der Waals surface area contributed by atoms with Crippen molar-refractivity contribution in [2.24, 2.45) is 0 Å². The van der Waals surface area contributed by atoms with Crippen LogP contribution in [0.1, 0.15) is 346 Å². The molecule has 12 rings (SSSR count). The van der Waals surface area contributed by atoms with E-state index in [4.69, 9.17) is 46.2 Å². The number of carbonyl (C=O) groups excluding carboxylic acids is 1. The van der Waals surface area contributed by atoms with Gasteiger partial charge in [-0.1, -0.05) is 361 Å². The summed E-state index contributed by atoms with van der Waals surface area (Å²) < 4.78 is 29.3. The molecule has 0 atom stereocenters. The highest BCUT2D eigenvalue weighted by Gasteiger charge is 2.16. The van der Waals surface area contributed by atoms with Crippen molar-refractivity contribution in [3.8, 4) is 39.9 Å². The number of aryl methyl sites for hydroxylation is 4. The van der Waals surface area contributed by atoms with Crippen LogP contribution >= 0.6 is 27.5 Å². The van der Waals surface area contributed by atoms with Crippen LogP contribution in [0.15, 0.2) is 271 Å². The number of phenols is 3. The summed E-state index contributed by atoms with van der Waals surface area (Å²) in [4.78, 5) is 32.7. The van der Waals surface area contributed by atoms with E-state index in [1.165, 1.54) is 80.4 Å². The topological polar surface area (TPSA) is 180 Å². The van der Waals surface area contributed by atoms with Gasteiger partial charge in [-0.2, -0.15) is 0 Å². The first-order chi connectivity index (χ1) is 61.7. The van der Waals surface area contributed by atoms with Gasteiger partial charge in [-0.3, -0.25) is 0 Å². The van der Waals surface area contributed by atoms with Crippen LogP contribution in [-0.2, 0) is 4.74 Å². The van der Waals surface area contributed by atoms with Gasteiger partial charge < -0.3 is 39.7 Å². The minimum atomic E-state index is -0.863. The smallest absolute Gasteiger partial charge is 0.337 e. The van der Waals surface area contributed by atoms with Crippen LogP contribution in [0.5, 0.6) is 28.7 Å². The van der Waals surface area contributed by atoms with Gasteiger partial charge in [0.2, 0.25) is 0 Å². The highest BCUT2D eigenvalue weighted by atomic mass is 79.9. The lowest BCUT2D eigenvalue weighted by Gasteiger charge is -2.16. The molecule has 11 nitrogen and oxygen atoms in total. The molecule has 0 spiro atoms. The molecule has 0 fully saturated rings. The number of aromatic carboxylic acids is 2. The van der Waals surface area contributed by atoms with Crippen LogP contribution < -0.4 is 9.47 Å². The summed E-state index contributed by atoms with van der Waals surface area (Å²) >= 11 is 9.31. The molecular formula is C117H151BrClFO11. The molecule has 0 amide bonds. The number of rotatable bonds is 19. The Morgan fingerprint density at radius 3 is 1.18 bits per heavy atom. The van der Waals surface area contributed by atoms with E-state index >= 15 is 0 Å². The van der Waals surface area contributed by atoms with Crippen LogP contribution in [0.2, 0.25) is 5.02 Å². The maximum atomic E-state index is 12.4. The number of hydrogen-bond donors (Lipinski definition) is 5. The van der Waals surface area contributed by atoms with Crippen molar-refractivity contribution in [2.75, 3.05) is 20.3 Å². The highest BCUT2D eigenvalue weighted by Crippen LogP contribution is 2.37. The van der Waals surface area contributed by atoms with Crippen molar-refractivity contribution in [3.05, 3.63) is 382 Å². The van der Waals surface area contributed by atoms with E-state index < -0.39 is 11.9 Å². The lowest BCUT2D eigenvalue weighted by Crippen LogP contribution is -2.02. The van der Waals surface area contributed by atoms with Crippen LogP contribution in [-0.4, -0.2) is 63.8 Å². The number of benzene rings is 12. The van der Waals surface area contributed by atoms with E-state index in [2.05, 4.69) is 245 Å². The normalized spacial score (nSPS) is 10.4. The molecule has 0 aliphatic rings. The Bertz CT molecular complexity index is 5110. The number of para-hydroxylation sites is 1. The first-order valence-corrected chi connectivity index (χ1v) is 46.9. The number of carboxylic acid groups (broad SMARTS) is 2. The second-order valence-corrected chi connectivity index (χ2v) is 36.7. The number of aromatic hydroxyl groups is 3. The van der Waals surface area contributed by atoms with Gasteiger partial charge in [0, 0.05) is 15.1 Å². The quantitative estimate of drug-likeness (QED) is 0.0486. The van der Waals surface area contributed by atoms with Gasteiger partial charge in [-0.05, 0) is 281 Å². The fourth-order valence-corrected chi connectivity index (χ4v) is 13.5. The van der Waals surface area contributed by atoms with E-state index in [1.54, 1.807) is 72.8 Å². The molecule has 14 heteroatoms. The zero-order chi connectivity index (χ0) is 98.9. The molecule has 0 unspecified atom stereocenters. The second kappa shape index (κ2) is 61.4. The van der Waals surface area contributed by atoms with Crippen molar-refractivity contribution in [3.63, 3.8) is 0 Å². The summed E-state index contributed by atoms with van der Waals surface area (Å²) in [6.45, 7) is 60.5. The summed E-state index contributed by atoms with van der Waals surface area (Å²) in [7, 11) is 1.39. The second-order valence-electron chi connectivity index (χ2n) is 35.4. The number of hydrogen-bond acceptors (Lipinski definition) is 9. The Hall–Kier alpha value is -11.3. The molecule has 0 saturated heterocycles. The molecule has 12 aromatic carbocycles. The predicted octanol–water partition coefficient (Wildman–Crippen LogP) is 34.5. The SMILES string of the molecule is CC(C)c1cc(O)ccc1Br.CC(C)c1ccc(F)cc1.CC(C)c1ccc(O)cc1.CC(C)c1cccc(C(=O)O)c1.CC(C)c1ccccc1C(=O)O.CCOc1cccc(C(C)C)c1OCC.COC(=O)c1ccc(-c2cccc(C(C)C)c2)cc1.Cc1cc(C(C)C)ccc1Cl.Cc1cc(C(C)C)ccc1O.Cc1ccc(C(C)C)cc1.Cc1ccccc1C(C)C. The van der Waals surface area contributed by atoms with Gasteiger partial charge in [-0.15, -0.1) is 0 Å². The van der Waals surface area contributed by atoms with Crippen LogP contribution in [0, 0.1) is 33.5 Å². The zero-order valence-corrected chi connectivity index (χ0v) is 85.8. The van der Waals surface area contributed by atoms with E-state index in [1.807, 2.05) is 146 Å². The summed E-state index contributed by atoms with van der Waals surface area (Å²) in [5.74, 6) is 6.13. The third-order valence-electron chi connectivity index (χ3n) is 21.0. The average Bonchev–Trinajstić information content (AvgIpc) is 0.839. The Labute approximate surface area is 800 Å². The summed E-state index contributed by atoms with van der Waals surface area (Å²) in [6.07, 6.45) is 0. The lowest BCUT2D eigenvalue weighted by atomic mass is 9.97. The van der Waals surface area contributed by atoms with Crippen LogP contribution in [0.25, 0.3) is 11.1 Å². The van der Waals surface area contributed by atoms with E-state index in [0.717, 1.165) is 54.4 Å². The van der Waals surface area contributed by atoms with Crippen LogP contribution in [0.3, 0.4) is 0 Å². The molecule has 131 heavy (non-hydrogen) atoms. The van der Waals surface area contributed by atoms with Crippen molar-refractivity contribution >= 4 is 45.4 Å². The third kappa shape index (κ3) is 44.0. The number of halogens is 3. The van der Waals surface area contributed by atoms with Gasteiger partial charge in [0.1, 0.15) is 23.1 Å². The summed E-state index contributed by atoms with van der Waals surface area (Å²) in [5.41, 5.74) is 22.1. The number of carbonyl (C=O) groups is 3. The number of methoxy groups -OCH3 is 1. The molecule has 0 saturated carbocycles. The monoisotopic (exact) mass is 1870 g/mol. The largest absolute Gasteiger partial charge is 0.508 e. The lowest BCUT2D eigenvalue weighted by molar-refractivity contribution is 0.0599. The maximum absolute atomic E-state index is 12.4. The zero-order valence-electron chi connectivity index (χ0n) is 83.5. The fraction of sp³-hybridized carbons (Fsp3) is 0.359. The molecular weight excluding hydrogens is 1720 g/mol. The third-order valence-corrected chi connectivity index (χ3v) is 22.2. The molecule has 0 radical (unpaired) electrons.